The molecule has 0 radical (unpaired) electrons. The van der Waals surface area contributed by atoms with Crippen LogP contribution in [0.1, 0.15) is 40.6 Å². The molecule has 1 aliphatic carbocycles. The summed E-state index contributed by atoms with van der Waals surface area (Å²) >= 11 is 12.8. The van der Waals surface area contributed by atoms with Gasteiger partial charge in [-0.25, -0.2) is 26.7 Å². The molecule has 5 aromatic rings. The predicted molar refractivity (Wildman–Crippen MR) is 151 cm³/mol. The van der Waals surface area contributed by atoms with Gasteiger partial charge in [-0.05, 0) is 67.5 Å². The number of nitrogens with zero attached hydrogens (tertiary/aromatic N) is 5. The molecule has 1 aliphatic rings. The molecule has 1 aromatic carbocycles. The van der Waals surface area contributed by atoms with E-state index in [0.29, 0.717) is 34.0 Å². The second kappa shape index (κ2) is 9.71. The number of benzene rings is 1. The van der Waals surface area contributed by atoms with E-state index in [0.717, 1.165) is 22.5 Å². The second-order valence-corrected chi connectivity index (χ2v) is 12.9. The molecule has 0 bridgehead atoms. The summed E-state index contributed by atoms with van der Waals surface area (Å²) in [6, 6.07) is 7.12. The Labute approximate surface area is 243 Å². The fourth-order valence-corrected chi connectivity index (χ4v) is 6.59. The van der Waals surface area contributed by atoms with Crippen LogP contribution in [0.5, 0.6) is 0 Å². The van der Waals surface area contributed by atoms with Gasteiger partial charge < -0.3 is 0 Å². The van der Waals surface area contributed by atoms with Crippen molar-refractivity contribution in [2.75, 3.05) is 6.26 Å². The molecule has 41 heavy (non-hydrogen) atoms. The van der Waals surface area contributed by atoms with Crippen molar-refractivity contribution >= 4 is 38.7 Å². The van der Waals surface area contributed by atoms with E-state index in [4.69, 9.17) is 23.2 Å². The second-order valence-electron chi connectivity index (χ2n) is 10.1. The Morgan fingerprint density at radius 2 is 1.76 bits per heavy atom. The number of sulfone groups is 1. The first-order chi connectivity index (χ1) is 19.4. The van der Waals surface area contributed by atoms with Gasteiger partial charge >= 0.3 is 0 Å². The monoisotopic (exact) mass is 615 g/mol. The van der Waals surface area contributed by atoms with E-state index in [2.05, 4.69) is 15.1 Å². The predicted octanol–water partition coefficient (Wildman–Crippen LogP) is 5.82. The van der Waals surface area contributed by atoms with Crippen LogP contribution in [0.25, 0.3) is 22.6 Å². The van der Waals surface area contributed by atoms with E-state index in [1.165, 1.54) is 18.3 Å². The van der Waals surface area contributed by atoms with Gasteiger partial charge in [-0.2, -0.15) is 5.10 Å². The van der Waals surface area contributed by atoms with Gasteiger partial charge in [0.25, 0.3) is 5.56 Å². The summed E-state index contributed by atoms with van der Waals surface area (Å²) in [5, 5.41) is 4.46. The Hall–Kier alpha value is -3.67. The highest BCUT2D eigenvalue weighted by Crippen LogP contribution is 2.56. The minimum absolute atomic E-state index is 0.00338. The fourth-order valence-electron chi connectivity index (χ4n) is 5.35. The van der Waals surface area contributed by atoms with E-state index >= 15 is 8.78 Å². The molecule has 0 unspecified atom stereocenters. The van der Waals surface area contributed by atoms with Crippen LogP contribution < -0.4 is 5.56 Å². The van der Waals surface area contributed by atoms with Crippen molar-refractivity contribution in [2.24, 2.45) is 0 Å². The molecular weight excluding hydrogens is 595 g/mol. The summed E-state index contributed by atoms with van der Waals surface area (Å²) in [5.74, 6) is -2.20. The van der Waals surface area contributed by atoms with E-state index in [1.807, 2.05) is 0 Å². The summed E-state index contributed by atoms with van der Waals surface area (Å²) < 4.78 is 58.1. The molecule has 8 nitrogen and oxygen atoms in total. The molecule has 0 saturated heterocycles. The maximum Gasteiger partial charge on any atom is 0.274 e. The molecule has 4 aromatic heterocycles. The quantitative estimate of drug-likeness (QED) is 0.247. The Balaban J connectivity index is 1.45. The van der Waals surface area contributed by atoms with Gasteiger partial charge in [0, 0.05) is 41.7 Å². The van der Waals surface area contributed by atoms with Crippen molar-refractivity contribution in [3.63, 3.8) is 0 Å². The van der Waals surface area contributed by atoms with Crippen molar-refractivity contribution in [1.82, 2.24) is 24.1 Å². The van der Waals surface area contributed by atoms with Gasteiger partial charge in [0.2, 0.25) is 0 Å². The molecule has 4 heterocycles. The number of fused-ring (bicyclic) bond motifs is 1. The summed E-state index contributed by atoms with van der Waals surface area (Å²) in [4.78, 5) is 21.5. The Morgan fingerprint density at radius 1 is 1.02 bits per heavy atom. The zero-order chi connectivity index (χ0) is 29.4. The number of aromatic nitrogens is 5. The maximum atomic E-state index is 16.1. The first kappa shape index (κ1) is 27.5. The van der Waals surface area contributed by atoms with Crippen LogP contribution in [0.2, 0.25) is 10.2 Å². The van der Waals surface area contributed by atoms with E-state index in [9.17, 15) is 13.2 Å². The topological polar surface area (TPSA) is 99.2 Å². The lowest BCUT2D eigenvalue weighted by Gasteiger charge is -2.18. The zero-order valence-corrected chi connectivity index (χ0v) is 24.2. The van der Waals surface area contributed by atoms with Crippen molar-refractivity contribution in [2.45, 2.75) is 37.0 Å². The maximum absolute atomic E-state index is 16.1. The average molecular weight is 616 g/mol. The van der Waals surface area contributed by atoms with Crippen molar-refractivity contribution < 1.29 is 17.2 Å². The molecule has 13 heteroatoms. The SMILES string of the molecule is Cc1cnc(-c2cccc(S(C)(=O)=O)c2F)c(F)c1-n1c(C)cc([C@H]2C[C@@H]2c2cc(Cl)nn3ccnc23)c(Cl)c1=O. The van der Waals surface area contributed by atoms with Crippen LogP contribution in [0.15, 0.2) is 58.6 Å². The van der Waals surface area contributed by atoms with Crippen LogP contribution in [-0.4, -0.2) is 38.8 Å². The molecule has 2 atom stereocenters. The van der Waals surface area contributed by atoms with E-state index < -0.39 is 37.6 Å². The Kier molecular flexibility index (Phi) is 6.51. The smallest absolute Gasteiger partial charge is 0.274 e. The number of rotatable bonds is 5. The third-order valence-electron chi connectivity index (χ3n) is 7.33. The number of pyridine rings is 2. The summed E-state index contributed by atoms with van der Waals surface area (Å²) in [7, 11) is -3.92. The van der Waals surface area contributed by atoms with Gasteiger partial charge in [0.15, 0.2) is 27.1 Å². The van der Waals surface area contributed by atoms with E-state index in [-0.39, 0.29) is 28.1 Å². The number of hydrogen-bond donors (Lipinski definition) is 0. The largest absolute Gasteiger partial charge is 0.277 e. The minimum Gasteiger partial charge on any atom is -0.277 e. The van der Waals surface area contributed by atoms with Crippen molar-refractivity contribution in [1.29, 1.82) is 0 Å². The van der Waals surface area contributed by atoms with Crippen molar-refractivity contribution in [3.05, 3.63) is 103 Å². The summed E-state index contributed by atoms with van der Waals surface area (Å²) in [6.07, 6.45) is 6.18. The van der Waals surface area contributed by atoms with Gasteiger partial charge in [-0.15, -0.1) is 0 Å². The third kappa shape index (κ3) is 4.52. The van der Waals surface area contributed by atoms with Crippen LogP contribution in [0.4, 0.5) is 8.78 Å². The van der Waals surface area contributed by atoms with Gasteiger partial charge in [-0.1, -0.05) is 29.3 Å². The molecule has 1 saturated carbocycles. The minimum atomic E-state index is -3.92. The molecule has 0 N–H and O–H groups in total. The third-order valence-corrected chi connectivity index (χ3v) is 9.01. The molecule has 0 spiro atoms. The Morgan fingerprint density at radius 3 is 2.49 bits per heavy atom. The number of halogens is 4. The van der Waals surface area contributed by atoms with Crippen LogP contribution >= 0.6 is 23.2 Å². The standard InChI is InChI=1S/C28H21Cl2F2N5O3S/c1-13-12-34-25(15-5-4-6-20(23(15)31)41(3,39)40)24(32)26(13)37-14(2)9-18(22(30)28(37)38)16-10-17(16)19-11-21(29)35-36-8-7-33-27(19)36/h4-9,11-12,16-17H,10H2,1-3H3/t16-,17-/m0/s1. The number of hydrogen-bond acceptors (Lipinski definition) is 6. The number of imidazole rings is 1. The van der Waals surface area contributed by atoms with Crippen LogP contribution in [0, 0.1) is 25.5 Å². The molecule has 1 fully saturated rings. The van der Waals surface area contributed by atoms with E-state index in [1.54, 1.807) is 42.9 Å². The molecule has 6 rings (SSSR count). The van der Waals surface area contributed by atoms with Gasteiger partial charge in [0.05, 0.1) is 5.69 Å². The summed E-state index contributed by atoms with van der Waals surface area (Å²) in [6.45, 7) is 3.21. The highest BCUT2D eigenvalue weighted by atomic mass is 35.5. The summed E-state index contributed by atoms with van der Waals surface area (Å²) in [5.41, 5.74) is 1.31. The molecular formula is C28H21Cl2F2N5O3S. The van der Waals surface area contributed by atoms with Gasteiger partial charge in [0.1, 0.15) is 20.8 Å². The van der Waals surface area contributed by atoms with Crippen LogP contribution in [-0.2, 0) is 9.84 Å². The molecule has 210 valence electrons. The molecule has 0 aliphatic heterocycles. The lowest BCUT2D eigenvalue weighted by molar-refractivity contribution is 0.569. The fraction of sp³-hybridized carbons (Fsp3) is 0.214. The average Bonchev–Trinajstić information content (AvgIpc) is 3.55. The normalized spacial score (nSPS) is 16.9. The van der Waals surface area contributed by atoms with Crippen LogP contribution in [0.3, 0.4) is 0 Å². The Bertz CT molecular complexity index is 2080. The van der Waals surface area contributed by atoms with Gasteiger partial charge in [-0.3, -0.25) is 14.3 Å². The first-order valence-electron chi connectivity index (χ1n) is 12.4. The molecule has 0 amide bonds. The lowest BCUT2D eigenvalue weighted by atomic mass is 10.0. The highest BCUT2D eigenvalue weighted by Gasteiger charge is 2.43. The highest BCUT2D eigenvalue weighted by molar-refractivity contribution is 7.90. The first-order valence-corrected chi connectivity index (χ1v) is 15.1. The lowest BCUT2D eigenvalue weighted by Crippen LogP contribution is -2.24. The number of aryl methyl sites for hydroxylation is 2. The zero-order valence-electron chi connectivity index (χ0n) is 21.9. The van der Waals surface area contributed by atoms with Crippen molar-refractivity contribution in [3.8, 4) is 16.9 Å².